The number of hydrogen-bond acceptors (Lipinski definition) is 6. The Labute approximate surface area is 185 Å². The first-order valence-electron chi connectivity index (χ1n) is 10.3. The predicted molar refractivity (Wildman–Crippen MR) is 123 cm³/mol. The molecule has 2 aromatic rings. The molecule has 0 aliphatic carbocycles. The Kier molecular flexibility index (Phi) is 10.6. The molecule has 0 saturated carbocycles. The summed E-state index contributed by atoms with van der Waals surface area (Å²) in [5.41, 5.74) is 5.01. The molecule has 0 heterocycles. The zero-order valence-electron chi connectivity index (χ0n) is 19.1. The average molecular weight is 428 g/mol. The van der Waals surface area contributed by atoms with E-state index in [4.69, 9.17) is 23.8 Å². The molecule has 0 aromatic heterocycles. The number of aryl methyl sites for hydroxylation is 2. The van der Waals surface area contributed by atoms with Gasteiger partial charge in [0.2, 0.25) is 0 Å². The van der Waals surface area contributed by atoms with Crippen LogP contribution in [0.2, 0.25) is 0 Å². The Morgan fingerprint density at radius 2 is 1.55 bits per heavy atom. The van der Waals surface area contributed by atoms with E-state index in [1.807, 2.05) is 76.2 Å². The van der Waals surface area contributed by atoms with Gasteiger partial charge in [0.15, 0.2) is 6.79 Å². The molecule has 0 saturated heterocycles. The van der Waals surface area contributed by atoms with E-state index in [2.05, 4.69) is 5.16 Å². The standard InChI is InChI=1S/C25H33NO5/c1-6-7-12-30-24-13-19(2)25(20(3)14-24)31-18-29-17-23-10-8-22(9-11-23)16-28-15-21(4)26-27-5/h6-11,13-14H,12,15-18H2,1-5H3/b7-6+,26-21?. The van der Waals surface area contributed by atoms with E-state index in [0.29, 0.717) is 26.4 Å². The van der Waals surface area contributed by atoms with Gasteiger partial charge in [0, 0.05) is 0 Å². The van der Waals surface area contributed by atoms with Crippen molar-refractivity contribution in [1.82, 2.24) is 0 Å². The van der Waals surface area contributed by atoms with Crippen molar-refractivity contribution < 1.29 is 23.8 Å². The molecule has 0 bridgehead atoms. The number of nitrogens with zero attached hydrogens (tertiary/aromatic N) is 1. The fourth-order valence-corrected chi connectivity index (χ4v) is 2.95. The van der Waals surface area contributed by atoms with Crippen LogP contribution in [0.1, 0.15) is 36.1 Å². The van der Waals surface area contributed by atoms with Gasteiger partial charge in [-0.1, -0.05) is 41.6 Å². The van der Waals surface area contributed by atoms with Crippen LogP contribution < -0.4 is 9.47 Å². The molecule has 6 nitrogen and oxygen atoms in total. The van der Waals surface area contributed by atoms with Crippen LogP contribution in [0.3, 0.4) is 0 Å². The smallest absolute Gasteiger partial charge is 0.189 e. The number of oxime groups is 1. The normalized spacial score (nSPS) is 11.7. The highest BCUT2D eigenvalue weighted by Crippen LogP contribution is 2.28. The Bertz CT molecular complexity index is 836. The molecular formula is C25H33NO5. The molecule has 0 N–H and O–H groups in total. The third-order valence-corrected chi connectivity index (χ3v) is 4.42. The zero-order chi connectivity index (χ0) is 22.5. The van der Waals surface area contributed by atoms with Crippen molar-refractivity contribution in [1.29, 1.82) is 0 Å². The molecule has 0 radical (unpaired) electrons. The molecule has 0 spiro atoms. The van der Waals surface area contributed by atoms with Crippen LogP contribution in [0.5, 0.6) is 11.5 Å². The van der Waals surface area contributed by atoms with Gasteiger partial charge < -0.3 is 23.8 Å². The minimum absolute atomic E-state index is 0.184. The van der Waals surface area contributed by atoms with Crippen LogP contribution in [-0.2, 0) is 27.5 Å². The Hall–Kier alpha value is -2.83. The van der Waals surface area contributed by atoms with E-state index in [-0.39, 0.29) is 6.79 Å². The predicted octanol–water partition coefficient (Wildman–Crippen LogP) is 5.35. The van der Waals surface area contributed by atoms with Gasteiger partial charge >= 0.3 is 0 Å². The summed E-state index contributed by atoms with van der Waals surface area (Å²) in [4.78, 5) is 4.71. The van der Waals surface area contributed by atoms with E-state index in [9.17, 15) is 0 Å². The molecule has 31 heavy (non-hydrogen) atoms. The van der Waals surface area contributed by atoms with Crippen LogP contribution in [-0.4, -0.2) is 32.8 Å². The largest absolute Gasteiger partial charge is 0.490 e. The maximum atomic E-state index is 5.86. The van der Waals surface area contributed by atoms with Gasteiger partial charge in [0.25, 0.3) is 0 Å². The highest BCUT2D eigenvalue weighted by atomic mass is 16.7. The van der Waals surface area contributed by atoms with Crippen LogP contribution in [0.15, 0.2) is 53.7 Å². The number of rotatable bonds is 13. The molecular weight excluding hydrogens is 394 g/mol. The van der Waals surface area contributed by atoms with Crippen molar-refractivity contribution in [3.63, 3.8) is 0 Å². The van der Waals surface area contributed by atoms with Crippen molar-refractivity contribution in [2.45, 2.75) is 40.9 Å². The lowest BCUT2D eigenvalue weighted by Gasteiger charge is -2.14. The highest BCUT2D eigenvalue weighted by molar-refractivity contribution is 5.82. The Balaban J connectivity index is 1.75. The van der Waals surface area contributed by atoms with E-state index >= 15 is 0 Å². The van der Waals surface area contributed by atoms with E-state index in [1.54, 1.807) is 0 Å². The molecule has 0 fully saturated rings. The van der Waals surface area contributed by atoms with E-state index in [0.717, 1.165) is 39.5 Å². The second-order valence-corrected chi connectivity index (χ2v) is 7.20. The van der Waals surface area contributed by atoms with Crippen molar-refractivity contribution in [3.8, 4) is 11.5 Å². The first-order chi connectivity index (χ1) is 15.0. The summed E-state index contributed by atoms with van der Waals surface area (Å²) in [5, 5.41) is 3.82. The SMILES string of the molecule is C/C=C/COc1cc(C)c(OCOCc2ccc(COCC(C)=NOC)cc2)c(C)c1. The molecule has 0 unspecified atom stereocenters. The Morgan fingerprint density at radius 1 is 0.935 bits per heavy atom. The van der Waals surface area contributed by atoms with Crippen LogP contribution in [0.25, 0.3) is 0 Å². The lowest BCUT2D eigenvalue weighted by atomic mass is 10.1. The van der Waals surface area contributed by atoms with Crippen LogP contribution in [0, 0.1) is 13.8 Å². The molecule has 168 valence electrons. The quantitative estimate of drug-likeness (QED) is 0.142. The fraction of sp³-hybridized carbons (Fsp3) is 0.400. The van der Waals surface area contributed by atoms with Crippen LogP contribution >= 0.6 is 0 Å². The summed E-state index contributed by atoms with van der Waals surface area (Å²) >= 11 is 0. The molecule has 0 amide bonds. The lowest BCUT2D eigenvalue weighted by Crippen LogP contribution is -2.06. The highest BCUT2D eigenvalue weighted by Gasteiger charge is 2.07. The Morgan fingerprint density at radius 3 is 2.13 bits per heavy atom. The van der Waals surface area contributed by atoms with Gasteiger partial charge in [-0.15, -0.1) is 0 Å². The van der Waals surface area contributed by atoms with Gasteiger partial charge in [-0.3, -0.25) is 0 Å². The second-order valence-electron chi connectivity index (χ2n) is 7.20. The number of allylic oxidation sites excluding steroid dienone is 1. The summed E-state index contributed by atoms with van der Waals surface area (Å²) in [6.07, 6.45) is 3.94. The van der Waals surface area contributed by atoms with Gasteiger partial charge in [-0.25, -0.2) is 0 Å². The molecule has 2 aromatic carbocycles. The minimum atomic E-state index is 0.184. The minimum Gasteiger partial charge on any atom is -0.490 e. The van der Waals surface area contributed by atoms with Gasteiger partial charge in [-0.05, 0) is 62.1 Å². The van der Waals surface area contributed by atoms with Crippen molar-refractivity contribution in [2.75, 3.05) is 27.1 Å². The first kappa shape index (κ1) is 24.4. The zero-order valence-corrected chi connectivity index (χ0v) is 19.1. The summed E-state index contributed by atoms with van der Waals surface area (Å²) in [7, 11) is 1.52. The fourth-order valence-electron chi connectivity index (χ4n) is 2.95. The summed E-state index contributed by atoms with van der Waals surface area (Å²) in [6, 6.07) is 12.1. The monoisotopic (exact) mass is 427 g/mol. The first-order valence-corrected chi connectivity index (χ1v) is 10.3. The van der Waals surface area contributed by atoms with Crippen molar-refractivity contribution >= 4 is 5.71 Å². The number of ether oxygens (including phenoxy) is 4. The molecule has 6 heteroatoms. The maximum absolute atomic E-state index is 5.86. The average Bonchev–Trinajstić information content (AvgIpc) is 2.74. The van der Waals surface area contributed by atoms with Crippen LogP contribution in [0.4, 0.5) is 0 Å². The molecule has 2 rings (SSSR count). The van der Waals surface area contributed by atoms with Gasteiger partial charge in [0.1, 0.15) is 25.2 Å². The second kappa shape index (κ2) is 13.5. The van der Waals surface area contributed by atoms with Crippen molar-refractivity contribution in [3.05, 3.63) is 70.8 Å². The topological polar surface area (TPSA) is 58.5 Å². The summed E-state index contributed by atoms with van der Waals surface area (Å²) in [6.45, 7) is 10.0. The summed E-state index contributed by atoms with van der Waals surface area (Å²) in [5.74, 6) is 1.67. The van der Waals surface area contributed by atoms with E-state index < -0.39 is 0 Å². The number of hydrogen-bond donors (Lipinski definition) is 0. The maximum Gasteiger partial charge on any atom is 0.189 e. The summed E-state index contributed by atoms with van der Waals surface area (Å²) < 4.78 is 22.9. The van der Waals surface area contributed by atoms with Gasteiger partial charge in [-0.2, -0.15) is 0 Å². The van der Waals surface area contributed by atoms with Gasteiger partial charge in [0.05, 0.1) is 25.5 Å². The number of benzene rings is 2. The third kappa shape index (κ3) is 8.82. The third-order valence-electron chi connectivity index (χ3n) is 4.42. The molecule has 0 atom stereocenters. The van der Waals surface area contributed by atoms with Crippen molar-refractivity contribution in [2.24, 2.45) is 5.16 Å². The molecule has 0 aliphatic rings. The molecule has 0 aliphatic heterocycles. The lowest BCUT2D eigenvalue weighted by molar-refractivity contribution is 0.00426. The van der Waals surface area contributed by atoms with E-state index in [1.165, 1.54) is 7.11 Å².